The number of nitrogens with zero attached hydrogens (tertiary/aromatic N) is 1. The molecule has 0 saturated heterocycles. The largest absolute Gasteiger partial charge is 0.497 e. The Labute approximate surface area is 127 Å². The summed E-state index contributed by atoms with van der Waals surface area (Å²) in [6.07, 6.45) is 2.47. The Morgan fingerprint density at radius 2 is 2.00 bits per heavy atom. The van der Waals surface area contributed by atoms with Crippen molar-refractivity contribution in [1.29, 1.82) is 0 Å². The minimum absolute atomic E-state index is 0.147. The Kier molecular flexibility index (Phi) is 5.85. The van der Waals surface area contributed by atoms with Crippen molar-refractivity contribution in [2.75, 3.05) is 41.0 Å². The number of methoxy groups -OCH3 is 3. The zero-order valence-electron chi connectivity index (χ0n) is 13.2. The van der Waals surface area contributed by atoms with Crippen LogP contribution in [-0.2, 0) is 4.74 Å². The molecule has 2 rings (SSSR count). The standard InChI is InChI=1S/C16H26N2O3/c1-19-9-8-18(12-4-5-12)15(11-17)14-7-6-13(20-2)10-16(14)21-3/h6-7,10,12,15H,4-5,8-9,11,17H2,1-3H3. The van der Waals surface area contributed by atoms with Gasteiger partial charge in [0.1, 0.15) is 11.5 Å². The SMILES string of the molecule is COCCN(C1CC1)C(CN)c1ccc(OC)cc1OC. The van der Waals surface area contributed by atoms with Crippen LogP contribution in [0.4, 0.5) is 0 Å². The van der Waals surface area contributed by atoms with Gasteiger partial charge in [-0.15, -0.1) is 0 Å². The quantitative estimate of drug-likeness (QED) is 0.753. The van der Waals surface area contributed by atoms with Crippen molar-refractivity contribution in [2.24, 2.45) is 5.73 Å². The number of benzene rings is 1. The molecule has 1 aromatic carbocycles. The number of nitrogens with two attached hydrogens (primary N) is 1. The first-order valence-electron chi connectivity index (χ1n) is 7.41. The highest BCUT2D eigenvalue weighted by Crippen LogP contribution is 2.38. The van der Waals surface area contributed by atoms with E-state index in [2.05, 4.69) is 11.0 Å². The van der Waals surface area contributed by atoms with Gasteiger partial charge in [-0.05, 0) is 18.9 Å². The molecule has 2 N–H and O–H groups in total. The van der Waals surface area contributed by atoms with E-state index in [1.54, 1.807) is 21.3 Å². The molecular weight excluding hydrogens is 268 g/mol. The van der Waals surface area contributed by atoms with E-state index < -0.39 is 0 Å². The Hall–Kier alpha value is -1.30. The molecule has 118 valence electrons. The molecule has 1 fully saturated rings. The number of hydrogen-bond acceptors (Lipinski definition) is 5. The third-order valence-corrected chi connectivity index (χ3v) is 3.99. The average molecular weight is 294 g/mol. The van der Waals surface area contributed by atoms with Crippen LogP contribution in [0.3, 0.4) is 0 Å². The first-order valence-corrected chi connectivity index (χ1v) is 7.41. The van der Waals surface area contributed by atoms with Gasteiger partial charge < -0.3 is 19.9 Å². The molecule has 1 atom stereocenters. The van der Waals surface area contributed by atoms with Crippen molar-refractivity contribution in [3.63, 3.8) is 0 Å². The third-order valence-electron chi connectivity index (χ3n) is 3.99. The zero-order valence-corrected chi connectivity index (χ0v) is 13.2. The molecule has 1 saturated carbocycles. The van der Waals surface area contributed by atoms with E-state index >= 15 is 0 Å². The fraction of sp³-hybridized carbons (Fsp3) is 0.625. The van der Waals surface area contributed by atoms with Crippen LogP contribution >= 0.6 is 0 Å². The van der Waals surface area contributed by atoms with Crippen LogP contribution in [0.25, 0.3) is 0 Å². The lowest BCUT2D eigenvalue weighted by atomic mass is 10.0. The monoisotopic (exact) mass is 294 g/mol. The summed E-state index contributed by atoms with van der Waals surface area (Å²) in [7, 11) is 5.07. The molecule has 0 aromatic heterocycles. The maximum absolute atomic E-state index is 6.07. The van der Waals surface area contributed by atoms with E-state index in [1.807, 2.05) is 12.1 Å². The minimum atomic E-state index is 0.147. The minimum Gasteiger partial charge on any atom is -0.497 e. The van der Waals surface area contributed by atoms with Crippen molar-refractivity contribution < 1.29 is 14.2 Å². The summed E-state index contributed by atoms with van der Waals surface area (Å²) in [5.74, 6) is 1.62. The summed E-state index contributed by atoms with van der Waals surface area (Å²) in [6, 6.07) is 6.69. The average Bonchev–Trinajstić information content (AvgIpc) is 3.35. The molecular formula is C16H26N2O3. The molecule has 1 unspecified atom stereocenters. The number of rotatable bonds is 9. The van der Waals surface area contributed by atoms with Crippen molar-refractivity contribution in [2.45, 2.75) is 24.9 Å². The molecule has 21 heavy (non-hydrogen) atoms. The van der Waals surface area contributed by atoms with Gasteiger partial charge in [0, 0.05) is 37.9 Å². The summed E-state index contributed by atoms with van der Waals surface area (Å²) in [5, 5.41) is 0. The van der Waals surface area contributed by atoms with Crippen LogP contribution in [0.15, 0.2) is 18.2 Å². The van der Waals surface area contributed by atoms with Gasteiger partial charge in [0.05, 0.1) is 26.9 Å². The third kappa shape index (κ3) is 3.87. The predicted molar refractivity (Wildman–Crippen MR) is 82.9 cm³/mol. The summed E-state index contributed by atoms with van der Waals surface area (Å²) in [5.41, 5.74) is 7.18. The second-order valence-electron chi connectivity index (χ2n) is 5.32. The van der Waals surface area contributed by atoms with E-state index in [4.69, 9.17) is 19.9 Å². The second-order valence-corrected chi connectivity index (χ2v) is 5.32. The van der Waals surface area contributed by atoms with E-state index in [1.165, 1.54) is 12.8 Å². The smallest absolute Gasteiger partial charge is 0.127 e. The maximum Gasteiger partial charge on any atom is 0.127 e. The highest BCUT2D eigenvalue weighted by Gasteiger charge is 2.34. The van der Waals surface area contributed by atoms with Gasteiger partial charge in [0.15, 0.2) is 0 Å². The van der Waals surface area contributed by atoms with Crippen LogP contribution in [0, 0.1) is 0 Å². The van der Waals surface area contributed by atoms with Gasteiger partial charge in [0.2, 0.25) is 0 Å². The fourth-order valence-electron chi connectivity index (χ4n) is 2.73. The van der Waals surface area contributed by atoms with Crippen molar-refractivity contribution in [3.8, 4) is 11.5 Å². The molecule has 0 spiro atoms. The van der Waals surface area contributed by atoms with Crippen LogP contribution in [0.5, 0.6) is 11.5 Å². The van der Waals surface area contributed by atoms with Crippen LogP contribution < -0.4 is 15.2 Å². The van der Waals surface area contributed by atoms with E-state index in [0.29, 0.717) is 19.2 Å². The fourth-order valence-corrected chi connectivity index (χ4v) is 2.73. The van der Waals surface area contributed by atoms with E-state index in [9.17, 15) is 0 Å². The Balaban J connectivity index is 2.25. The van der Waals surface area contributed by atoms with Crippen molar-refractivity contribution in [1.82, 2.24) is 4.90 Å². The molecule has 5 nitrogen and oxygen atoms in total. The van der Waals surface area contributed by atoms with Gasteiger partial charge in [-0.3, -0.25) is 4.90 Å². The first-order chi connectivity index (χ1) is 10.2. The van der Waals surface area contributed by atoms with E-state index in [0.717, 1.165) is 23.6 Å². The maximum atomic E-state index is 6.07. The van der Waals surface area contributed by atoms with Crippen LogP contribution in [0.1, 0.15) is 24.4 Å². The first kappa shape index (κ1) is 16.1. The molecule has 0 heterocycles. The van der Waals surface area contributed by atoms with Crippen molar-refractivity contribution in [3.05, 3.63) is 23.8 Å². The molecule has 0 radical (unpaired) electrons. The molecule has 1 aliphatic carbocycles. The Morgan fingerprint density at radius 3 is 2.52 bits per heavy atom. The van der Waals surface area contributed by atoms with Gasteiger partial charge >= 0.3 is 0 Å². The molecule has 0 amide bonds. The van der Waals surface area contributed by atoms with Gasteiger partial charge in [0.25, 0.3) is 0 Å². The molecule has 0 aliphatic heterocycles. The van der Waals surface area contributed by atoms with Gasteiger partial charge in [-0.1, -0.05) is 6.07 Å². The Morgan fingerprint density at radius 1 is 1.24 bits per heavy atom. The molecule has 1 aromatic rings. The van der Waals surface area contributed by atoms with Gasteiger partial charge in [-0.2, -0.15) is 0 Å². The van der Waals surface area contributed by atoms with E-state index in [-0.39, 0.29) is 6.04 Å². The molecule has 0 bridgehead atoms. The van der Waals surface area contributed by atoms with Crippen LogP contribution in [-0.4, -0.2) is 52.0 Å². The second kappa shape index (κ2) is 7.64. The van der Waals surface area contributed by atoms with Crippen LogP contribution in [0.2, 0.25) is 0 Å². The van der Waals surface area contributed by atoms with Crippen molar-refractivity contribution >= 4 is 0 Å². The Bertz CT molecular complexity index is 449. The zero-order chi connectivity index (χ0) is 15.2. The molecule has 5 heteroatoms. The lowest BCUT2D eigenvalue weighted by Gasteiger charge is -2.32. The topological polar surface area (TPSA) is 57.0 Å². The molecule has 1 aliphatic rings. The predicted octanol–water partition coefficient (Wildman–Crippen LogP) is 1.81. The highest BCUT2D eigenvalue weighted by atomic mass is 16.5. The number of ether oxygens (including phenoxy) is 3. The van der Waals surface area contributed by atoms with Gasteiger partial charge in [-0.25, -0.2) is 0 Å². The normalized spacial score (nSPS) is 16.0. The summed E-state index contributed by atoms with van der Waals surface area (Å²) in [6.45, 7) is 2.16. The lowest BCUT2D eigenvalue weighted by molar-refractivity contribution is 0.114. The summed E-state index contributed by atoms with van der Waals surface area (Å²) in [4.78, 5) is 2.44. The number of hydrogen-bond donors (Lipinski definition) is 1. The summed E-state index contributed by atoms with van der Waals surface area (Å²) < 4.78 is 16.0. The highest BCUT2D eigenvalue weighted by molar-refractivity contribution is 5.43. The summed E-state index contributed by atoms with van der Waals surface area (Å²) >= 11 is 0. The lowest BCUT2D eigenvalue weighted by Crippen LogP contribution is -2.38.